The second-order valence-corrected chi connectivity index (χ2v) is 6.21. The van der Waals surface area contributed by atoms with Gasteiger partial charge in [0.1, 0.15) is 5.69 Å². The van der Waals surface area contributed by atoms with Crippen molar-refractivity contribution in [2.24, 2.45) is 0 Å². The Bertz CT molecular complexity index is 352. The lowest BCUT2D eigenvalue weighted by molar-refractivity contribution is 0.266. The van der Waals surface area contributed by atoms with Crippen molar-refractivity contribution in [3.8, 4) is 0 Å². The van der Waals surface area contributed by atoms with Crippen molar-refractivity contribution in [1.82, 2.24) is 4.48 Å². The van der Waals surface area contributed by atoms with E-state index in [1.54, 1.807) is 0 Å². The lowest BCUT2D eigenvalue weighted by Gasteiger charge is -2.38. The topological polar surface area (TPSA) is 30.0 Å². The maximum atomic E-state index is 2.36. The standard InChI is InChI=1S/C19H34N.H2O/c1-5-8-9-10-17-20(15-6-2,16-7-3)19-13-11-18(4)12-14-19;/h11-14H,5-10,15-17H2,1-4H3;1H2/q+1;/p-1. The van der Waals surface area contributed by atoms with Crippen LogP contribution in [0.3, 0.4) is 0 Å². The normalized spacial score (nSPS) is 11.2. The third-order valence-corrected chi connectivity index (χ3v) is 4.32. The summed E-state index contributed by atoms with van der Waals surface area (Å²) in [5.74, 6) is 0. The quantitative estimate of drug-likeness (QED) is 0.412. The van der Waals surface area contributed by atoms with Crippen molar-refractivity contribution < 1.29 is 5.48 Å². The van der Waals surface area contributed by atoms with Crippen LogP contribution in [0.4, 0.5) is 5.69 Å². The van der Waals surface area contributed by atoms with Gasteiger partial charge in [0.2, 0.25) is 0 Å². The molecule has 0 aliphatic rings. The molecule has 1 aromatic rings. The first kappa shape index (κ1) is 20.1. The molecule has 0 saturated heterocycles. The van der Waals surface area contributed by atoms with E-state index in [9.17, 15) is 0 Å². The van der Waals surface area contributed by atoms with Crippen LogP contribution in [0.1, 0.15) is 64.9 Å². The number of hydrogen-bond acceptors (Lipinski definition) is 1. The third-order valence-electron chi connectivity index (χ3n) is 4.32. The van der Waals surface area contributed by atoms with Gasteiger partial charge in [0.05, 0.1) is 19.6 Å². The van der Waals surface area contributed by atoms with Crippen molar-refractivity contribution in [2.45, 2.75) is 66.2 Å². The minimum Gasteiger partial charge on any atom is -0.870 e. The van der Waals surface area contributed by atoms with Gasteiger partial charge in [-0.1, -0.05) is 51.3 Å². The van der Waals surface area contributed by atoms with E-state index in [4.69, 9.17) is 0 Å². The predicted octanol–water partition coefficient (Wildman–Crippen LogP) is 5.53. The van der Waals surface area contributed by atoms with Gasteiger partial charge in [-0.3, -0.25) is 4.48 Å². The molecule has 0 fully saturated rings. The summed E-state index contributed by atoms with van der Waals surface area (Å²) < 4.78 is 1.19. The highest BCUT2D eigenvalue weighted by Crippen LogP contribution is 2.26. The lowest BCUT2D eigenvalue weighted by atomic mass is 10.1. The Labute approximate surface area is 132 Å². The molecule has 0 saturated carbocycles. The average molecular weight is 293 g/mol. The van der Waals surface area contributed by atoms with Crippen molar-refractivity contribution in [2.75, 3.05) is 19.6 Å². The Hall–Kier alpha value is -0.860. The maximum absolute atomic E-state index is 2.36. The Balaban J connectivity index is 0.00000400. The maximum Gasteiger partial charge on any atom is 0.132 e. The Kier molecular flexibility index (Phi) is 10.4. The number of aryl methyl sites for hydroxylation is 1. The fourth-order valence-electron chi connectivity index (χ4n) is 3.28. The molecule has 122 valence electrons. The van der Waals surface area contributed by atoms with E-state index >= 15 is 0 Å². The van der Waals surface area contributed by atoms with E-state index in [-0.39, 0.29) is 5.48 Å². The highest BCUT2D eigenvalue weighted by molar-refractivity contribution is 5.44. The van der Waals surface area contributed by atoms with Gasteiger partial charge >= 0.3 is 0 Å². The summed E-state index contributed by atoms with van der Waals surface area (Å²) in [7, 11) is 0. The van der Waals surface area contributed by atoms with Crippen molar-refractivity contribution in [3.63, 3.8) is 0 Å². The second kappa shape index (κ2) is 10.8. The molecule has 0 unspecified atom stereocenters. The Morgan fingerprint density at radius 1 is 0.714 bits per heavy atom. The molecular weight excluding hydrogens is 258 g/mol. The van der Waals surface area contributed by atoms with E-state index in [2.05, 4.69) is 52.0 Å². The first-order chi connectivity index (χ1) is 9.68. The molecule has 0 aromatic heterocycles. The average Bonchev–Trinajstić information content (AvgIpc) is 2.45. The van der Waals surface area contributed by atoms with Gasteiger partial charge in [0, 0.05) is 0 Å². The van der Waals surface area contributed by atoms with E-state index in [0.717, 1.165) is 0 Å². The molecule has 2 heteroatoms. The third kappa shape index (κ3) is 6.19. The van der Waals surface area contributed by atoms with Gasteiger partial charge in [-0.25, -0.2) is 0 Å². The van der Waals surface area contributed by atoms with Crippen molar-refractivity contribution in [3.05, 3.63) is 29.8 Å². The molecular formula is C19H35NO. The summed E-state index contributed by atoms with van der Waals surface area (Å²) in [6.45, 7) is 13.0. The monoisotopic (exact) mass is 293 g/mol. The number of benzene rings is 1. The van der Waals surface area contributed by atoms with E-state index in [1.165, 1.54) is 73.9 Å². The Morgan fingerprint density at radius 2 is 1.29 bits per heavy atom. The minimum absolute atomic E-state index is 0. The summed E-state index contributed by atoms with van der Waals surface area (Å²) in [5.41, 5.74) is 2.89. The van der Waals surface area contributed by atoms with Gasteiger partial charge in [-0.05, 0) is 44.7 Å². The zero-order chi connectivity index (χ0) is 14.8. The SMILES string of the molecule is CCCCCC[N+](CCC)(CCC)c1ccc(C)cc1.[OH-]. The number of nitrogens with zero attached hydrogens (tertiary/aromatic N) is 1. The Morgan fingerprint density at radius 3 is 1.76 bits per heavy atom. The van der Waals surface area contributed by atoms with Crippen LogP contribution in [-0.2, 0) is 0 Å². The molecule has 0 bridgehead atoms. The van der Waals surface area contributed by atoms with Gasteiger partial charge in [0.25, 0.3) is 0 Å². The van der Waals surface area contributed by atoms with E-state index in [0.29, 0.717) is 0 Å². The zero-order valence-electron chi connectivity index (χ0n) is 14.6. The van der Waals surface area contributed by atoms with Crippen LogP contribution in [0.15, 0.2) is 24.3 Å². The van der Waals surface area contributed by atoms with Crippen LogP contribution in [0, 0.1) is 6.92 Å². The van der Waals surface area contributed by atoms with Gasteiger partial charge < -0.3 is 5.48 Å². The molecule has 2 nitrogen and oxygen atoms in total. The fourth-order valence-corrected chi connectivity index (χ4v) is 3.28. The van der Waals surface area contributed by atoms with Crippen LogP contribution >= 0.6 is 0 Å². The van der Waals surface area contributed by atoms with Gasteiger partial charge in [-0.15, -0.1) is 0 Å². The number of quaternary nitrogens is 1. The minimum atomic E-state index is 0. The molecule has 0 atom stereocenters. The lowest BCUT2D eigenvalue weighted by Crippen LogP contribution is -2.51. The molecule has 1 N–H and O–H groups in total. The molecule has 0 aliphatic heterocycles. The smallest absolute Gasteiger partial charge is 0.132 e. The van der Waals surface area contributed by atoms with Crippen LogP contribution in [0.25, 0.3) is 0 Å². The highest BCUT2D eigenvalue weighted by atomic mass is 16.0. The first-order valence-electron chi connectivity index (χ1n) is 8.61. The van der Waals surface area contributed by atoms with Crippen LogP contribution in [0.2, 0.25) is 0 Å². The summed E-state index contributed by atoms with van der Waals surface area (Å²) in [4.78, 5) is 0. The molecule has 21 heavy (non-hydrogen) atoms. The highest BCUT2D eigenvalue weighted by Gasteiger charge is 2.27. The summed E-state index contributed by atoms with van der Waals surface area (Å²) in [6.07, 6.45) is 7.99. The van der Waals surface area contributed by atoms with Crippen LogP contribution < -0.4 is 4.48 Å². The molecule has 0 radical (unpaired) electrons. The van der Waals surface area contributed by atoms with Crippen LogP contribution in [-0.4, -0.2) is 25.1 Å². The van der Waals surface area contributed by atoms with E-state index < -0.39 is 0 Å². The summed E-state index contributed by atoms with van der Waals surface area (Å²) in [5, 5.41) is 0. The molecule has 1 rings (SSSR count). The largest absolute Gasteiger partial charge is 0.870 e. The number of rotatable bonds is 10. The summed E-state index contributed by atoms with van der Waals surface area (Å²) in [6, 6.07) is 9.28. The van der Waals surface area contributed by atoms with Gasteiger partial charge in [-0.2, -0.15) is 0 Å². The molecule has 0 amide bonds. The molecule has 0 spiro atoms. The second-order valence-electron chi connectivity index (χ2n) is 6.21. The zero-order valence-corrected chi connectivity index (χ0v) is 14.6. The number of hydrogen-bond donors (Lipinski definition) is 0. The summed E-state index contributed by atoms with van der Waals surface area (Å²) >= 11 is 0. The molecule has 0 aliphatic carbocycles. The van der Waals surface area contributed by atoms with Crippen molar-refractivity contribution >= 4 is 5.69 Å². The fraction of sp³-hybridized carbons (Fsp3) is 0.684. The van der Waals surface area contributed by atoms with Crippen molar-refractivity contribution in [1.29, 1.82) is 0 Å². The van der Waals surface area contributed by atoms with Crippen LogP contribution in [0.5, 0.6) is 0 Å². The number of unbranched alkanes of at least 4 members (excludes halogenated alkanes) is 3. The first-order valence-corrected chi connectivity index (χ1v) is 8.61. The van der Waals surface area contributed by atoms with E-state index in [1.807, 2.05) is 0 Å². The molecule has 0 heterocycles. The van der Waals surface area contributed by atoms with Gasteiger partial charge in [0.15, 0.2) is 0 Å². The predicted molar refractivity (Wildman–Crippen MR) is 94.2 cm³/mol. The molecule has 1 aromatic carbocycles.